The Hall–Kier alpha value is -7.46. The molecule has 0 spiro atoms. The number of rotatable bonds is 6. The van der Waals surface area contributed by atoms with E-state index in [4.69, 9.17) is 4.42 Å². The third kappa shape index (κ3) is 5.55. The fraction of sp³-hybridized carbons (Fsp3) is 0. The third-order valence-electron chi connectivity index (χ3n) is 11.8. The first-order valence-corrected chi connectivity index (χ1v) is 20.9. The molecule has 0 N–H and O–H groups in total. The lowest BCUT2D eigenvalue weighted by molar-refractivity contribution is 0.669. The summed E-state index contributed by atoms with van der Waals surface area (Å²) in [5.74, 6) is 0. The van der Waals surface area contributed by atoms with Crippen molar-refractivity contribution in [2.24, 2.45) is 0 Å². The number of hydrogen-bond donors (Lipinski definition) is 0. The van der Waals surface area contributed by atoms with Gasteiger partial charge in [0.05, 0.1) is 5.69 Å². The molecular weight excluding hydrogens is 735 g/mol. The maximum Gasteiger partial charge on any atom is 0.137 e. The fourth-order valence-corrected chi connectivity index (χ4v) is 10.3. The van der Waals surface area contributed by atoms with Crippen LogP contribution in [0.2, 0.25) is 0 Å². The minimum Gasteiger partial charge on any atom is -0.456 e. The van der Waals surface area contributed by atoms with Crippen LogP contribution in [0.15, 0.2) is 217 Å². The van der Waals surface area contributed by atoms with E-state index in [0.717, 1.165) is 55.7 Å². The quantitative estimate of drug-likeness (QED) is 0.157. The van der Waals surface area contributed by atoms with Crippen LogP contribution >= 0.6 is 11.3 Å². The van der Waals surface area contributed by atoms with Crippen molar-refractivity contribution < 1.29 is 4.42 Å². The first kappa shape index (κ1) is 33.7. The Bertz CT molecular complexity index is 3580. The highest BCUT2D eigenvalue weighted by molar-refractivity contribution is 7.26. The van der Waals surface area contributed by atoms with Gasteiger partial charge in [0.1, 0.15) is 11.2 Å². The Morgan fingerprint density at radius 1 is 0.339 bits per heavy atom. The summed E-state index contributed by atoms with van der Waals surface area (Å²) < 4.78 is 9.16. The molecule has 3 heteroatoms. The predicted octanol–water partition coefficient (Wildman–Crippen LogP) is 16.7. The van der Waals surface area contributed by atoms with Crippen LogP contribution in [0.25, 0.3) is 97.0 Å². The van der Waals surface area contributed by atoms with Crippen molar-refractivity contribution in [2.75, 3.05) is 4.90 Å². The number of furan rings is 1. The molecule has 2 heterocycles. The van der Waals surface area contributed by atoms with Crippen molar-refractivity contribution in [1.29, 1.82) is 0 Å². The molecule has 0 atom stereocenters. The van der Waals surface area contributed by atoms with Crippen molar-refractivity contribution in [3.63, 3.8) is 0 Å². The number of anilines is 3. The lowest BCUT2D eigenvalue weighted by Gasteiger charge is -2.29. The summed E-state index contributed by atoms with van der Waals surface area (Å²) in [6, 6.07) is 77.1. The maximum absolute atomic E-state index is 6.56. The van der Waals surface area contributed by atoms with Crippen molar-refractivity contribution >= 4 is 92.1 Å². The van der Waals surface area contributed by atoms with E-state index >= 15 is 0 Å². The molecule has 10 aromatic carbocycles. The van der Waals surface area contributed by atoms with E-state index < -0.39 is 0 Å². The number of hydrogen-bond acceptors (Lipinski definition) is 3. The Morgan fingerprint density at radius 3 is 1.90 bits per heavy atom. The van der Waals surface area contributed by atoms with Crippen LogP contribution in [-0.2, 0) is 0 Å². The number of thiophene rings is 1. The zero-order chi connectivity index (χ0) is 38.9. The molecule has 0 aliphatic heterocycles. The molecule has 0 radical (unpaired) electrons. The van der Waals surface area contributed by atoms with Gasteiger partial charge in [-0.25, -0.2) is 0 Å². The molecule has 0 saturated carbocycles. The molecule has 0 aliphatic carbocycles. The van der Waals surface area contributed by atoms with Crippen LogP contribution in [0.4, 0.5) is 17.1 Å². The van der Waals surface area contributed by atoms with Gasteiger partial charge in [0.2, 0.25) is 0 Å². The van der Waals surface area contributed by atoms with Gasteiger partial charge in [0, 0.05) is 53.9 Å². The standard InChI is InChI=1S/C56H35NOS/c1-2-14-36(15-3-1)43-30-28-39(51-33-38-16-4-5-19-42(38)45-20-6-7-21-46(45)51)34-52(43)57(41-29-31-48-47-22-8-10-26-53(47)58-54(48)35-41)40-18-12-17-37(32-40)44-24-13-25-50-49-23-9-11-27-55(49)59-56(44)50/h1-35H. The average molecular weight is 770 g/mol. The molecule has 0 bridgehead atoms. The highest BCUT2D eigenvalue weighted by atomic mass is 32.1. The molecule has 276 valence electrons. The van der Waals surface area contributed by atoms with Crippen LogP contribution in [0, 0.1) is 0 Å². The zero-order valence-corrected chi connectivity index (χ0v) is 32.8. The Balaban J connectivity index is 1.13. The summed E-state index contributed by atoms with van der Waals surface area (Å²) in [7, 11) is 0. The molecule has 0 aliphatic rings. The van der Waals surface area contributed by atoms with Gasteiger partial charge in [-0.1, -0.05) is 158 Å². The average Bonchev–Trinajstić information content (AvgIpc) is 3.87. The predicted molar refractivity (Wildman–Crippen MR) is 253 cm³/mol. The Morgan fingerprint density at radius 2 is 1.00 bits per heavy atom. The van der Waals surface area contributed by atoms with E-state index in [2.05, 4.69) is 211 Å². The van der Waals surface area contributed by atoms with E-state index in [1.165, 1.54) is 58.4 Å². The number of para-hydroxylation sites is 1. The monoisotopic (exact) mass is 769 g/mol. The van der Waals surface area contributed by atoms with Crippen LogP contribution < -0.4 is 4.90 Å². The van der Waals surface area contributed by atoms with Gasteiger partial charge < -0.3 is 9.32 Å². The first-order valence-electron chi connectivity index (χ1n) is 20.1. The molecular formula is C56H35NOS. The lowest BCUT2D eigenvalue weighted by Crippen LogP contribution is -2.11. The highest BCUT2D eigenvalue weighted by Gasteiger charge is 2.22. The van der Waals surface area contributed by atoms with E-state index in [-0.39, 0.29) is 0 Å². The zero-order valence-electron chi connectivity index (χ0n) is 32.0. The van der Waals surface area contributed by atoms with E-state index in [1.807, 2.05) is 17.4 Å². The topological polar surface area (TPSA) is 16.4 Å². The van der Waals surface area contributed by atoms with Crippen molar-refractivity contribution in [3.8, 4) is 33.4 Å². The number of nitrogens with zero attached hydrogens (tertiary/aromatic N) is 1. The van der Waals surface area contributed by atoms with Gasteiger partial charge in [-0.2, -0.15) is 0 Å². The summed E-state index contributed by atoms with van der Waals surface area (Å²) >= 11 is 1.87. The van der Waals surface area contributed by atoms with Gasteiger partial charge in [-0.15, -0.1) is 11.3 Å². The van der Waals surface area contributed by atoms with Crippen LogP contribution in [0.3, 0.4) is 0 Å². The Kier molecular flexibility index (Phi) is 7.75. The number of benzene rings is 10. The fourth-order valence-electron chi connectivity index (χ4n) is 9.11. The smallest absolute Gasteiger partial charge is 0.137 e. The second kappa shape index (κ2) is 13.6. The molecule has 12 rings (SSSR count). The minimum absolute atomic E-state index is 0.859. The molecule has 0 unspecified atom stereocenters. The van der Waals surface area contributed by atoms with Crippen molar-refractivity contribution in [1.82, 2.24) is 0 Å². The molecule has 0 fully saturated rings. The molecule has 2 aromatic heterocycles. The van der Waals surface area contributed by atoms with Crippen molar-refractivity contribution in [2.45, 2.75) is 0 Å². The minimum atomic E-state index is 0.859. The SMILES string of the molecule is c1ccc(-c2ccc(-c3cc4ccccc4c4ccccc34)cc2N(c2cccc(-c3cccc4c3sc3ccccc34)c2)c2ccc3c(c2)oc2ccccc23)cc1. The normalized spacial score (nSPS) is 11.7. The first-order chi connectivity index (χ1) is 29.2. The van der Waals surface area contributed by atoms with Gasteiger partial charge in [-0.05, 0) is 97.9 Å². The second-order valence-corrected chi connectivity index (χ2v) is 16.3. The largest absolute Gasteiger partial charge is 0.456 e. The lowest BCUT2D eigenvalue weighted by atomic mass is 9.91. The van der Waals surface area contributed by atoms with Crippen molar-refractivity contribution in [3.05, 3.63) is 212 Å². The van der Waals surface area contributed by atoms with Gasteiger partial charge in [-0.3, -0.25) is 0 Å². The third-order valence-corrected chi connectivity index (χ3v) is 13.1. The van der Waals surface area contributed by atoms with Crippen LogP contribution in [0.5, 0.6) is 0 Å². The van der Waals surface area contributed by atoms with Gasteiger partial charge in [0.15, 0.2) is 0 Å². The van der Waals surface area contributed by atoms with E-state index in [0.29, 0.717) is 0 Å². The van der Waals surface area contributed by atoms with E-state index in [1.54, 1.807) is 0 Å². The molecule has 0 amide bonds. The molecule has 59 heavy (non-hydrogen) atoms. The summed E-state index contributed by atoms with van der Waals surface area (Å²) in [6.45, 7) is 0. The Labute approximate surface area is 345 Å². The highest BCUT2D eigenvalue weighted by Crippen LogP contribution is 2.47. The molecule has 0 saturated heterocycles. The summed E-state index contributed by atoms with van der Waals surface area (Å²) in [6.07, 6.45) is 0. The molecule has 2 nitrogen and oxygen atoms in total. The van der Waals surface area contributed by atoms with Crippen LogP contribution in [-0.4, -0.2) is 0 Å². The van der Waals surface area contributed by atoms with Crippen LogP contribution in [0.1, 0.15) is 0 Å². The van der Waals surface area contributed by atoms with Gasteiger partial charge >= 0.3 is 0 Å². The molecule has 12 aromatic rings. The van der Waals surface area contributed by atoms with Gasteiger partial charge in [0.25, 0.3) is 0 Å². The van der Waals surface area contributed by atoms with E-state index in [9.17, 15) is 0 Å². The maximum atomic E-state index is 6.56. The summed E-state index contributed by atoms with van der Waals surface area (Å²) in [5, 5.41) is 9.80. The second-order valence-electron chi connectivity index (χ2n) is 15.2. The number of fused-ring (bicyclic) bond motifs is 9. The summed E-state index contributed by atoms with van der Waals surface area (Å²) in [5.41, 5.74) is 12.0. The summed E-state index contributed by atoms with van der Waals surface area (Å²) in [4.78, 5) is 2.43.